The van der Waals surface area contributed by atoms with E-state index in [4.69, 9.17) is 0 Å². The fourth-order valence-electron chi connectivity index (χ4n) is 2.08. The summed E-state index contributed by atoms with van der Waals surface area (Å²) in [5, 5.41) is 3.33. The summed E-state index contributed by atoms with van der Waals surface area (Å²) >= 11 is 4.76. The van der Waals surface area contributed by atoms with Crippen molar-refractivity contribution in [2.45, 2.75) is 37.1 Å². The highest BCUT2D eigenvalue weighted by Gasteiger charge is 2.21. The van der Waals surface area contributed by atoms with Gasteiger partial charge in [0.15, 0.2) is 0 Å². The van der Waals surface area contributed by atoms with Crippen LogP contribution in [0.15, 0.2) is 14.7 Å². The molecule has 102 valence electrons. The van der Waals surface area contributed by atoms with Crippen molar-refractivity contribution in [1.29, 1.82) is 0 Å². The Morgan fingerprint density at radius 2 is 2.33 bits per heavy atom. The summed E-state index contributed by atoms with van der Waals surface area (Å²) < 4.78 is 27.9. The number of rotatable bonds is 4. The van der Waals surface area contributed by atoms with Gasteiger partial charge in [-0.2, -0.15) is 0 Å². The molecule has 0 radical (unpaired) electrons. The molecule has 1 aliphatic rings. The zero-order valence-electron chi connectivity index (χ0n) is 10.2. The summed E-state index contributed by atoms with van der Waals surface area (Å²) in [4.78, 5) is 1.20. The van der Waals surface area contributed by atoms with E-state index in [2.05, 4.69) is 26.0 Å². The van der Waals surface area contributed by atoms with E-state index in [-0.39, 0.29) is 6.04 Å². The van der Waals surface area contributed by atoms with E-state index < -0.39 is 10.0 Å². The molecule has 1 aromatic heterocycles. The summed E-state index contributed by atoms with van der Waals surface area (Å²) in [7, 11) is -3.38. The van der Waals surface area contributed by atoms with Gasteiger partial charge in [0.2, 0.25) is 10.0 Å². The number of thiophene rings is 1. The number of hydrogen-bond donors (Lipinski definition) is 2. The standard InChI is InChI=1S/C11H17BrN2O2S2/c1-8-10(6-11(12)17-8)18(15,16)14-7-9-4-2-3-5-13-9/h6,9,13-14H,2-5,7H2,1H3. The third kappa shape index (κ3) is 3.54. The third-order valence-corrected chi connectivity index (χ3v) is 6.30. The second-order valence-corrected chi connectivity index (χ2v) is 8.84. The minimum Gasteiger partial charge on any atom is -0.313 e. The van der Waals surface area contributed by atoms with Gasteiger partial charge in [-0.3, -0.25) is 0 Å². The van der Waals surface area contributed by atoms with E-state index in [0.29, 0.717) is 11.4 Å². The molecule has 0 spiro atoms. The van der Waals surface area contributed by atoms with Crippen LogP contribution in [0.3, 0.4) is 0 Å². The van der Waals surface area contributed by atoms with Crippen molar-refractivity contribution in [2.75, 3.05) is 13.1 Å². The van der Waals surface area contributed by atoms with Crippen molar-refractivity contribution in [3.63, 3.8) is 0 Å². The molecule has 1 aliphatic heterocycles. The molecule has 0 saturated carbocycles. The normalized spacial score (nSPS) is 21.1. The van der Waals surface area contributed by atoms with Crippen molar-refractivity contribution >= 4 is 37.3 Å². The Labute approximate surface area is 120 Å². The molecule has 1 unspecified atom stereocenters. The SMILES string of the molecule is Cc1sc(Br)cc1S(=O)(=O)NCC1CCCCN1. The first-order valence-electron chi connectivity index (χ1n) is 5.98. The molecule has 4 nitrogen and oxygen atoms in total. The van der Waals surface area contributed by atoms with Gasteiger partial charge in [0, 0.05) is 17.5 Å². The number of sulfonamides is 1. The Morgan fingerprint density at radius 1 is 1.56 bits per heavy atom. The van der Waals surface area contributed by atoms with E-state index in [1.165, 1.54) is 24.2 Å². The number of piperidine rings is 1. The Hall–Kier alpha value is 0.0500. The van der Waals surface area contributed by atoms with Crippen molar-refractivity contribution in [3.8, 4) is 0 Å². The molecular formula is C11H17BrN2O2S2. The Bertz CT molecular complexity index is 507. The quantitative estimate of drug-likeness (QED) is 0.873. The van der Waals surface area contributed by atoms with E-state index >= 15 is 0 Å². The van der Waals surface area contributed by atoms with Gasteiger partial charge in [0.05, 0.1) is 8.68 Å². The third-order valence-electron chi connectivity index (χ3n) is 3.06. The van der Waals surface area contributed by atoms with Crippen LogP contribution >= 0.6 is 27.3 Å². The summed E-state index contributed by atoms with van der Waals surface area (Å²) in [6, 6.07) is 1.92. The van der Waals surface area contributed by atoms with Crippen LogP contribution in [0, 0.1) is 6.92 Å². The van der Waals surface area contributed by atoms with Gasteiger partial charge in [-0.05, 0) is 48.3 Å². The summed E-state index contributed by atoms with van der Waals surface area (Å²) in [5.41, 5.74) is 0. The van der Waals surface area contributed by atoms with E-state index in [1.807, 2.05) is 6.92 Å². The molecule has 0 aliphatic carbocycles. The van der Waals surface area contributed by atoms with Crippen LogP contribution in [0.25, 0.3) is 0 Å². The lowest BCUT2D eigenvalue weighted by Gasteiger charge is -2.23. The van der Waals surface area contributed by atoms with Crippen molar-refractivity contribution in [2.24, 2.45) is 0 Å². The Kier molecular flexibility index (Phi) is 4.82. The molecular weight excluding hydrogens is 336 g/mol. The number of hydrogen-bond acceptors (Lipinski definition) is 4. The van der Waals surface area contributed by atoms with Gasteiger partial charge in [0.25, 0.3) is 0 Å². The topological polar surface area (TPSA) is 58.2 Å². The lowest BCUT2D eigenvalue weighted by Crippen LogP contribution is -2.43. The van der Waals surface area contributed by atoms with Crippen LogP contribution in [0.4, 0.5) is 0 Å². The van der Waals surface area contributed by atoms with E-state index in [0.717, 1.165) is 21.6 Å². The second kappa shape index (κ2) is 6.00. The van der Waals surface area contributed by atoms with Crippen LogP contribution in [-0.2, 0) is 10.0 Å². The first kappa shape index (κ1) is 14.5. The molecule has 0 amide bonds. The van der Waals surface area contributed by atoms with Crippen LogP contribution < -0.4 is 10.0 Å². The highest BCUT2D eigenvalue weighted by Crippen LogP contribution is 2.29. The van der Waals surface area contributed by atoms with Crippen LogP contribution in [0.5, 0.6) is 0 Å². The van der Waals surface area contributed by atoms with Crippen molar-refractivity contribution in [1.82, 2.24) is 10.0 Å². The van der Waals surface area contributed by atoms with Crippen LogP contribution in [0.2, 0.25) is 0 Å². The molecule has 18 heavy (non-hydrogen) atoms. The molecule has 2 N–H and O–H groups in total. The van der Waals surface area contributed by atoms with Gasteiger partial charge in [-0.1, -0.05) is 6.42 Å². The molecule has 2 rings (SSSR count). The van der Waals surface area contributed by atoms with E-state index in [1.54, 1.807) is 6.07 Å². The maximum atomic E-state index is 12.2. The average Bonchev–Trinajstić information content (AvgIpc) is 2.68. The number of halogens is 1. The number of aryl methyl sites for hydroxylation is 1. The summed E-state index contributed by atoms with van der Waals surface area (Å²) in [6.07, 6.45) is 3.39. The molecule has 0 aromatic carbocycles. The first-order valence-corrected chi connectivity index (χ1v) is 9.07. The summed E-state index contributed by atoms with van der Waals surface area (Å²) in [5.74, 6) is 0. The maximum absolute atomic E-state index is 12.2. The first-order chi connectivity index (χ1) is 8.49. The predicted molar refractivity (Wildman–Crippen MR) is 77.6 cm³/mol. The highest BCUT2D eigenvalue weighted by atomic mass is 79.9. The zero-order valence-corrected chi connectivity index (χ0v) is 13.4. The monoisotopic (exact) mass is 352 g/mol. The van der Waals surface area contributed by atoms with Gasteiger partial charge >= 0.3 is 0 Å². The molecule has 1 aromatic rings. The molecule has 1 saturated heterocycles. The van der Waals surface area contributed by atoms with Crippen molar-refractivity contribution < 1.29 is 8.42 Å². The maximum Gasteiger partial charge on any atom is 0.241 e. The fraction of sp³-hybridized carbons (Fsp3) is 0.636. The van der Waals surface area contributed by atoms with Gasteiger partial charge in [-0.15, -0.1) is 11.3 Å². The smallest absolute Gasteiger partial charge is 0.241 e. The van der Waals surface area contributed by atoms with Gasteiger partial charge in [-0.25, -0.2) is 13.1 Å². The highest BCUT2D eigenvalue weighted by molar-refractivity contribution is 9.11. The van der Waals surface area contributed by atoms with E-state index in [9.17, 15) is 8.42 Å². The Balaban J connectivity index is 2.01. The predicted octanol–water partition coefficient (Wildman–Crippen LogP) is 2.24. The van der Waals surface area contributed by atoms with Gasteiger partial charge < -0.3 is 5.32 Å². The summed E-state index contributed by atoms with van der Waals surface area (Å²) in [6.45, 7) is 3.27. The average molecular weight is 353 g/mol. The molecule has 2 heterocycles. The van der Waals surface area contributed by atoms with Crippen LogP contribution in [0.1, 0.15) is 24.1 Å². The number of nitrogens with one attached hydrogen (secondary N) is 2. The minimum atomic E-state index is -3.38. The molecule has 0 bridgehead atoms. The zero-order chi connectivity index (χ0) is 13.2. The lowest BCUT2D eigenvalue weighted by molar-refractivity contribution is 0.398. The Morgan fingerprint density at radius 3 is 2.89 bits per heavy atom. The fourth-order valence-corrected chi connectivity index (χ4v) is 5.58. The minimum absolute atomic E-state index is 0.260. The molecule has 1 fully saturated rings. The van der Waals surface area contributed by atoms with Crippen LogP contribution in [-0.4, -0.2) is 27.5 Å². The molecule has 1 atom stereocenters. The van der Waals surface area contributed by atoms with Gasteiger partial charge in [0.1, 0.15) is 0 Å². The molecule has 7 heteroatoms. The van der Waals surface area contributed by atoms with Crippen molar-refractivity contribution in [3.05, 3.63) is 14.7 Å². The largest absolute Gasteiger partial charge is 0.313 e. The lowest BCUT2D eigenvalue weighted by atomic mass is 10.1. The second-order valence-electron chi connectivity index (χ2n) is 4.47.